The van der Waals surface area contributed by atoms with Crippen molar-refractivity contribution < 1.29 is 9.47 Å². The zero-order chi connectivity index (χ0) is 17.5. The zero-order valence-electron chi connectivity index (χ0n) is 15.0. The fourth-order valence-electron chi connectivity index (χ4n) is 2.60. The van der Waals surface area contributed by atoms with Crippen molar-refractivity contribution in [1.29, 1.82) is 0 Å². The normalized spacial score (nSPS) is 10.2. The van der Waals surface area contributed by atoms with E-state index in [2.05, 4.69) is 60.1 Å². The third-order valence-corrected chi connectivity index (χ3v) is 4.86. The van der Waals surface area contributed by atoms with Crippen molar-refractivity contribution in [3.05, 3.63) is 81.5 Å². The molecule has 3 nitrogen and oxygen atoms in total. The molecule has 5 heteroatoms. The lowest BCUT2D eigenvalue weighted by atomic mass is 10.1. The standard InChI is InChI=1S/C21H23NO2S.ClH/c1-16-8-10-17(11-9-16)15-24-21-18(5-3-7-20(21)23-2)13-22-14-19-6-4-12-25-19;/h3-12,22H,13-15H2,1-2H3;1H. The summed E-state index contributed by atoms with van der Waals surface area (Å²) in [5.41, 5.74) is 3.50. The first kappa shape index (κ1) is 20.3. The molecule has 3 aromatic rings. The zero-order valence-corrected chi connectivity index (χ0v) is 16.7. The first-order valence-corrected chi connectivity index (χ1v) is 9.21. The summed E-state index contributed by atoms with van der Waals surface area (Å²) in [7, 11) is 1.68. The van der Waals surface area contributed by atoms with Gasteiger partial charge in [-0.2, -0.15) is 0 Å². The molecule has 0 atom stereocenters. The SMILES string of the molecule is COc1cccc(CNCc2cccs2)c1OCc1ccc(C)cc1.Cl. The van der Waals surface area contributed by atoms with Gasteiger partial charge >= 0.3 is 0 Å². The fourth-order valence-corrected chi connectivity index (χ4v) is 3.27. The van der Waals surface area contributed by atoms with E-state index in [1.807, 2.05) is 12.1 Å². The van der Waals surface area contributed by atoms with Gasteiger partial charge in [-0.25, -0.2) is 0 Å². The number of benzene rings is 2. The smallest absolute Gasteiger partial charge is 0.166 e. The number of hydrogen-bond acceptors (Lipinski definition) is 4. The van der Waals surface area contributed by atoms with Crippen LogP contribution in [-0.4, -0.2) is 7.11 Å². The number of aryl methyl sites for hydroxylation is 1. The van der Waals surface area contributed by atoms with E-state index in [-0.39, 0.29) is 12.4 Å². The first-order chi connectivity index (χ1) is 12.3. The molecule has 0 saturated carbocycles. The Morgan fingerprint density at radius 1 is 0.962 bits per heavy atom. The monoisotopic (exact) mass is 389 g/mol. The third-order valence-electron chi connectivity index (χ3n) is 3.98. The van der Waals surface area contributed by atoms with Crippen LogP contribution in [0.1, 0.15) is 21.6 Å². The predicted octanol–water partition coefficient (Wildman–Crippen LogP) is 5.36. The van der Waals surface area contributed by atoms with Crippen LogP contribution in [0.4, 0.5) is 0 Å². The lowest BCUT2D eigenvalue weighted by Gasteiger charge is -2.15. The molecule has 0 aliphatic rings. The second-order valence-electron chi connectivity index (χ2n) is 5.91. The Kier molecular flexibility index (Phi) is 7.98. The highest BCUT2D eigenvalue weighted by Crippen LogP contribution is 2.32. The largest absolute Gasteiger partial charge is 0.493 e. The maximum absolute atomic E-state index is 6.11. The lowest BCUT2D eigenvalue weighted by Crippen LogP contribution is -2.13. The Bertz CT molecular complexity index is 788. The summed E-state index contributed by atoms with van der Waals surface area (Å²) in [5, 5.41) is 5.57. The van der Waals surface area contributed by atoms with Crippen LogP contribution in [0, 0.1) is 6.92 Å². The van der Waals surface area contributed by atoms with Gasteiger partial charge in [0.05, 0.1) is 7.11 Å². The van der Waals surface area contributed by atoms with Crippen LogP contribution in [-0.2, 0) is 19.7 Å². The van der Waals surface area contributed by atoms with E-state index in [0.717, 1.165) is 35.7 Å². The maximum atomic E-state index is 6.11. The quantitative estimate of drug-likeness (QED) is 0.562. The van der Waals surface area contributed by atoms with Gasteiger partial charge in [-0.1, -0.05) is 48.0 Å². The Labute approximate surface area is 165 Å². The highest BCUT2D eigenvalue weighted by molar-refractivity contribution is 7.09. The summed E-state index contributed by atoms with van der Waals surface area (Å²) >= 11 is 1.76. The van der Waals surface area contributed by atoms with Gasteiger partial charge < -0.3 is 14.8 Å². The van der Waals surface area contributed by atoms with Gasteiger partial charge in [-0.3, -0.25) is 0 Å². The summed E-state index contributed by atoms with van der Waals surface area (Å²) in [6, 6.07) is 18.6. The van der Waals surface area contributed by atoms with Crippen molar-refractivity contribution in [2.75, 3.05) is 7.11 Å². The van der Waals surface area contributed by atoms with Crippen molar-refractivity contribution in [2.24, 2.45) is 0 Å². The molecule has 0 aliphatic heterocycles. The van der Waals surface area contributed by atoms with Gasteiger partial charge in [0.15, 0.2) is 11.5 Å². The van der Waals surface area contributed by atoms with Crippen LogP contribution < -0.4 is 14.8 Å². The van der Waals surface area contributed by atoms with Gasteiger partial charge in [0.2, 0.25) is 0 Å². The molecule has 0 spiro atoms. The van der Waals surface area contributed by atoms with Crippen molar-refractivity contribution in [3.63, 3.8) is 0 Å². The number of nitrogens with one attached hydrogen (secondary N) is 1. The van der Waals surface area contributed by atoms with Crippen LogP contribution in [0.2, 0.25) is 0 Å². The molecule has 138 valence electrons. The van der Waals surface area contributed by atoms with Crippen molar-refractivity contribution in [2.45, 2.75) is 26.6 Å². The Hall–Kier alpha value is -2.01. The Morgan fingerprint density at radius 2 is 1.77 bits per heavy atom. The molecule has 1 N–H and O–H groups in total. The molecule has 3 rings (SSSR count). The van der Waals surface area contributed by atoms with E-state index in [4.69, 9.17) is 9.47 Å². The molecule has 1 aromatic heterocycles. The van der Waals surface area contributed by atoms with Crippen molar-refractivity contribution >= 4 is 23.7 Å². The van der Waals surface area contributed by atoms with Gasteiger partial charge in [0.25, 0.3) is 0 Å². The van der Waals surface area contributed by atoms with E-state index in [9.17, 15) is 0 Å². The molecule has 1 heterocycles. The molecule has 0 bridgehead atoms. The number of halogens is 1. The first-order valence-electron chi connectivity index (χ1n) is 8.33. The summed E-state index contributed by atoms with van der Waals surface area (Å²) in [4.78, 5) is 1.32. The molecule has 0 unspecified atom stereocenters. The summed E-state index contributed by atoms with van der Waals surface area (Å²) in [6.45, 7) is 4.20. The summed E-state index contributed by atoms with van der Waals surface area (Å²) in [5.74, 6) is 1.58. The number of ether oxygens (including phenoxy) is 2. The van der Waals surface area contributed by atoms with Crippen LogP contribution >= 0.6 is 23.7 Å². The summed E-state index contributed by atoms with van der Waals surface area (Å²) in [6.07, 6.45) is 0. The minimum absolute atomic E-state index is 0. The average Bonchev–Trinajstić information content (AvgIpc) is 3.15. The average molecular weight is 390 g/mol. The van der Waals surface area contributed by atoms with Gasteiger partial charge in [-0.15, -0.1) is 23.7 Å². The Balaban J connectivity index is 0.00000243. The number of rotatable bonds is 8. The molecule has 0 radical (unpaired) electrons. The fraction of sp³-hybridized carbons (Fsp3) is 0.238. The molecular formula is C21H24ClNO2S. The number of methoxy groups -OCH3 is 1. The topological polar surface area (TPSA) is 30.5 Å². The minimum Gasteiger partial charge on any atom is -0.493 e. The molecule has 2 aromatic carbocycles. The maximum Gasteiger partial charge on any atom is 0.166 e. The third kappa shape index (κ3) is 5.49. The molecule has 0 aliphatic carbocycles. The molecule has 0 amide bonds. The van der Waals surface area contributed by atoms with Gasteiger partial charge in [0.1, 0.15) is 6.61 Å². The van der Waals surface area contributed by atoms with Crippen LogP contribution in [0.15, 0.2) is 60.0 Å². The highest BCUT2D eigenvalue weighted by atomic mass is 35.5. The van der Waals surface area contributed by atoms with E-state index < -0.39 is 0 Å². The van der Waals surface area contributed by atoms with E-state index >= 15 is 0 Å². The lowest BCUT2D eigenvalue weighted by molar-refractivity contribution is 0.280. The second-order valence-corrected chi connectivity index (χ2v) is 6.94. The van der Waals surface area contributed by atoms with Crippen LogP contribution in [0.3, 0.4) is 0 Å². The second kappa shape index (κ2) is 10.2. The van der Waals surface area contributed by atoms with E-state index in [0.29, 0.717) is 6.61 Å². The summed E-state index contributed by atoms with van der Waals surface area (Å²) < 4.78 is 11.6. The molecular weight excluding hydrogens is 366 g/mol. The van der Waals surface area contributed by atoms with Crippen LogP contribution in [0.25, 0.3) is 0 Å². The minimum atomic E-state index is 0. The molecule has 0 saturated heterocycles. The predicted molar refractivity (Wildman–Crippen MR) is 111 cm³/mol. The molecule has 26 heavy (non-hydrogen) atoms. The van der Waals surface area contributed by atoms with Crippen LogP contribution in [0.5, 0.6) is 11.5 Å². The van der Waals surface area contributed by atoms with Gasteiger partial charge in [-0.05, 0) is 30.0 Å². The van der Waals surface area contributed by atoms with E-state index in [1.54, 1.807) is 18.4 Å². The van der Waals surface area contributed by atoms with Gasteiger partial charge in [0, 0.05) is 23.5 Å². The van der Waals surface area contributed by atoms with Crippen molar-refractivity contribution in [1.82, 2.24) is 5.32 Å². The Morgan fingerprint density at radius 3 is 2.46 bits per heavy atom. The number of hydrogen-bond donors (Lipinski definition) is 1. The van der Waals surface area contributed by atoms with Crippen molar-refractivity contribution in [3.8, 4) is 11.5 Å². The number of para-hydroxylation sites is 1. The van der Waals surface area contributed by atoms with E-state index in [1.165, 1.54) is 10.4 Å². The highest BCUT2D eigenvalue weighted by Gasteiger charge is 2.11. The number of thiophene rings is 1. The molecule has 0 fully saturated rings.